The summed E-state index contributed by atoms with van der Waals surface area (Å²) in [4.78, 5) is 23.9. The normalized spacial score (nSPS) is 23.3. The third-order valence-corrected chi connectivity index (χ3v) is 2.61. The lowest BCUT2D eigenvalue weighted by Crippen LogP contribution is -2.34. The molecule has 1 saturated heterocycles. The Morgan fingerprint density at radius 1 is 1.62 bits per heavy atom. The molecule has 3 nitrogen and oxygen atoms in total. The van der Waals surface area contributed by atoms with Crippen LogP contribution in [-0.2, 0) is 9.59 Å². The third-order valence-electron chi connectivity index (χ3n) is 2.61. The Morgan fingerprint density at radius 2 is 2.23 bits per heavy atom. The number of hydrogen-bond acceptors (Lipinski definition) is 2. The predicted octanol–water partition coefficient (Wildman–Crippen LogP) is 1.08. The Kier molecular flexibility index (Phi) is 2.74. The number of aldehydes is 1. The number of rotatable bonds is 3. The van der Waals surface area contributed by atoms with E-state index in [0.29, 0.717) is 6.54 Å². The minimum atomic E-state index is -0.220. The van der Waals surface area contributed by atoms with Gasteiger partial charge in [0.05, 0.1) is 0 Å². The highest BCUT2D eigenvalue weighted by Gasteiger charge is 2.38. The van der Waals surface area contributed by atoms with Gasteiger partial charge in [0.2, 0.25) is 5.91 Å². The van der Waals surface area contributed by atoms with E-state index >= 15 is 0 Å². The van der Waals surface area contributed by atoms with Crippen LogP contribution in [0.25, 0.3) is 0 Å². The van der Waals surface area contributed by atoms with Crippen LogP contribution in [0.4, 0.5) is 0 Å². The zero-order valence-corrected chi connectivity index (χ0v) is 8.54. The molecule has 13 heavy (non-hydrogen) atoms. The quantitative estimate of drug-likeness (QED) is 0.614. The average Bonchev–Trinajstić information content (AvgIpc) is 2.32. The molecule has 0 bridgehead atoms. The lowest BCUT2D eigenvalue weighted by molar-refractivity contribution is -0.135. The zero-order chi connectivity index (χ0) is 10.1. The maximum Gasteiger partial charge on any atom is 0.228 e. The number of amides is 1. The molecule has 3 heteroatoms. The van der Waals surface area contributed by atoms with Crippen molar-refractivity contribution in [3.8, 4) is 0 Å². The molecule has 1 aliphatic rings. The van der Waals surface area contributed by atoms with E-state index in [1.165, 1.54) is 0 Å². The molecule has 1 rings (SSSR count). The van der Waals surface area contributed by atoms with E-state index in [1.807, 2.05) is 20.8 Å². The predicted molar refractivity (Wildman–Crippen MR) is 50.2 cm³/mol. The molecule has 0 aromatic heterocycles. The van der Waals surface area contributed by atoms with Gasteiger partial charge in [-0.3, -0.25) is 4.79 Å². The molecule has 0 aromatic rings. The van der Waals surface area contributed by atoms with Gasteiger partial charge in [-0.15, -0.1) is 0 Å². The summed E-state index contributed by atoms with van der Waals surface area (Å²) in [5, 5.41) is 0. The van der Waals surface area contributed by atoms with E-state index in [-0.39, 0.29) is 17.2 Å². The lowest BCUT2D eigenvalue weighted by atomic mass is 9.92. The number of hydrogen-bond donors (Lipinski definition) is 0. The van der Waals surface area contributed by atoms with Gasteiger partial charge in [-0.25, -0.2) is 0 Å². The first kappa shape index (κ1) is 10.2. The molecular formula is C10H17NO2. The van der Waals surface area contributed by atoms with Crippen molar-refractivity contribution in [1.29, 1.82) is 0 Å². The minimum Gasteiger partial charge on any atom is -0.342 e. The summed E-state index contributed by atoms with van der Waals surface area (Å²) in [6, 6.07) is 0. The van der Waals surface area contributed by atoms with Gasteiger partial charge in [-0.2, -0.15) is 0 Å². The van der Waals surface area contributed by atoms with Crippen molar-refractivity contribution in [1.82, 2.24) is 4.90 Å². The van der Waals surface area contributed by atoms with Crippen molar-refractivity contribution in [3.05, 3.63) is 0 Å². The number of carbonyl (C=O) groups is 2. The highest BCUT2D eigenvalue weighted by atomic mass is 16.2. The molecule has 0 radical (unpaired) electrons. The largest absolute Gasteiger partial charge is 0.342 e. The van der Waals surface area contributed by atoms with Crippen molar-refractivity contribution in [2.75, 3.05) is 13.1 Å². The van der Waals surface area contributed by atoms with Crippen molar-refractivity contribution < 1.29 is 9.59 Å². The Labute approximate surface area is 79.1 Å². The molecule has 1 heterocycles. The fourth-order valence-electron chi connectivity index (χ4n) is 1.62. The SMILES string of the molecule is CC(C=O)CN1CCC(C)(C)C1=O. The zero-order valence-electron chi connectivity index (χ0n) is 8.54. The van der Waals surface area contributed by atoms with E-state index in [4.69, 9.17) is 0 Å². The third kappa shape index (κ3) is 2.08. The number of likely N-dealkylation sites (tertiary alicyclic amines) is 1. The van der Waals surface area contributed by atoms with Crippen LogP contribution in [0.3, 0.4) is 0 Å². The Bertz CT molecular complexity index is 223. The van der Waals surface area contributed by atoms with Gasteiger partial charge in [-0.05, 0) is 6.42 Å². The Hall–Kier alpha value is -0.860. The minimum absolute atomic E-state index is 0.0437. The molecule has 0 saturated carbocycles. The van der Waals surface area contributed by atoms with Crippen molar-refractivity contribution in [3.63, 3.8) is 0 Å². The topological polar surface area (TPSA) is 37.4 Å². The fourth-order valence-corrected chi connectivity index (χ4v) is 1.62. The van der Waals surface area contributed by atoms with Gasteiger partial charge in [0.1, 0.15) is 6.29 Å². The summed E-state index contributed by atoms with van der Waals surface area (Å²) < 4.78 is 0. The fraction of sp³-hybridized carbons (Fsp3) is 0.800. The second kappa shape index (κ2) is 3.48. The van der Waals surface area contributed by atoms with E-state index in [2.05, 4.69) is 0 Å². The van der Waals surface area contributed by atoms with Crippen LogP contribution < -0.4 is 0 Å². The highest BCUT2D eigenvalue weighted by molar-refractivity contribution is 5.84. The van der Waals surface area contributed by atoms with Crippen LogP contribution in [0.2, 0.25) is 0 Å². The van der Waals surface area contributed by atoms with E-state index < -0.39 is 0 Å². The van der Waals surface area contributed by atoms with E-state index in [9.17, 15) is 9.59 Å². The van der Waals surface area contributed by atoms with Crippen LogP contribution in [0.15, 0.2) is 0 Å². The Balaban J connectivity index is 2.56. The van der Waals surface area contributed by atoms with Crippen LogP contribution in [0.5, 0.6) is 0 Å². The van der Waals surface area contributed by atoms with Crippen LogP contribution >= 0.6 is 0 Å². The molecule has 1 amide bonds. The lowest BCUT2D eigenvalue weighted by Gasteiger charge is -2.20. The molecule has 1 atom stereocenters. The maximum absolute atomic E-state index is 11.7. The van der Waals surface area contributed by atoms with Crippen molar-refractivity contribution >= 4 is 12.2 Å². The standard InChI is InChI=1S/C10H17NO2/c1-8(7-12)6-11-5-4-10(2,3)9(11)13/h7-8H,4-6H2,1-3H3. The van der Waals surface area contributed by atoms with Crippen LogP contribution in [0, 0.1) is 11.3 Å². The average molecular weight is 183 g/mol. The first-order valence-electron chi connectivity index (χ1n) is 4.72. The van der Waals surface area contributed by atoms with Crippen LogP contribution in [-0.4, -0.2) is 30.2 Å². The number of carbonyl (C=O) groups excluding carboxylic acids is 2. The van der Waals surface area contributed by atoms with Crippen LogP contribution in [0.1, 0.15) is 27.2 Å². The summed E-state index contributed by atoms with van der Waals surface area (Å²) in [6.07, 6.45) is 1.80. The van der Waals surface area contributed by atoms with E-state index in [0.717, 1.165) is 19.3 Å². The first-order chi connectivity index (χ1) is 5.97. The molecule has 0 N–H and O–H groups in total. The first-order valence-corrected chi connectivity index (χ1v) is 4.72. The van der Waals surface area contributed by atoms with Gasteiger partial charge in [-0.1, -0.05) is 20.8 Å². The van der Waals surface area contributed by atoms with Crippen molar-refractivity contribution in [2.24, 2.45) is 11.3 Å². The van der Waals surface area contributed by atoms with Gasteiger partial charge >= 0.3 is 0 Å². The monoisotopic (exact) mass is 183 g/mol. The molecule has 1 fully saturated rings. The molecule has 74 valence electrons. The second-order valence-corrected chi connectivity index (χ2v) is 4.50. The molecule has 0 aromatic carbocycles. The summed E-state index contributed by atoms with van der Waals surface area (Å²) in [5.41, 5.74) is -0.220. The second-order valence-electron chi connectivity index (χ2n) is 4.50. The van der Waals surface area contributed by atoms with E-state index in [1.54, 1.807) is 4.90 Å². The maximum atomic E-state index is 11.7. The number of nitrogens with zero attached hydrogens (tertiary/aromatic N) is 1. The van der Waals surface area contributed by atoms with Gasteiger partial charge < -0.3 is 9.69 Å². The summed E-state index contributed by atoms with van der Waals surface area (Å²) in [6.45, 7) is 7.13. The Morgan fingerprint density at radius 3 is 2.62 bits per heavy atom. The molecule has 1 unspecified atom stereocenters. The van der Waals surface area contributed by atoms with Gasteiger partial charge in [0.15, 0.2) is 0 Å². The molecular weight excluding hydrogens is 166 g/mol. The van der Waals surface area contributed by atoms with Crippen molar-refractivity contribution in [2.45, 2.75) is 27.2 Å². The molecule has 1 aliphatic heterocycles. The highest BCUT2D eigenvalue weighted by Crippen LogP contribution is 2.30. The van der Waals surface area contributed by atoms with Gasteiger partial charge in [0.25, 0.3) is 0 Å². The summed E-state index contributed by atoms with van der Waals surface area (Å²) in [5.74, 6) is 0.138. The molecule has 0 aliphatic carbocycles. The molecule has 0 spiro atoms. The smallest absolute Gasteiger partial charge is 0.228 e. The summed E-state index contributed by atoms with van der Waals surface area (Å²) >= 11 is 0. The summed E-state index contributed by atoms with van der Waals surface area (Å²) in [7, 11) is 0. The van der Waals surface area contributed by atoms with Gasteiger partial charge in [0, 0.05) is 24.4 Å².